The van der Waals surface area contributed by atoms with E-state index in [1.54, 1.807) is 48.5 Å². The Kier molecular flexibility index (Phi) is 11.6. The molecule has 0 aliphatic heterocycles. The summed E-state index contributed by atoms with van der Waals surface area (Å²) in [5.41, 5.74) is -3.87. The van der Waals surface area contributed by atoms with Gasteiger partial charge in [-0.05, 0) is 65.4 Å². The monoisotopic (exact) mass is 894 g/mol. The van der Waals surface area contributed by atoms with Crippen molar-refractivity contribution < 1.29 is 46.1 Å². The third kappa shape index (κ3) is 8.77. The summed E-state index contributed by atoms with van der Waals surface area (Å²) in [7, 11) is 0. The molecule has 308 valence electrons. The zero-order chi connectivity index (χ0) is 43.8. The van der Waals surface area contributed by atoms with Crippen molar-refractivity contribution in [2.75, 3.05) is 10.6 Å². The van der Waals surface area contributed by atoms with Crippen molar-refractivity contribution in [2.45, 2.75) is 12.4 Å². The van der Waals surface area contributed by atoms with Crippen LogP contribution >= 0.6 is 34.8 Å². The SMILES string of the molecule is O=C(Nc1ccc(NC(=O)c2cc3ccccc3c(N=Nc3cccc(C(F)(F)F)c3Cl)c2O)c(Cl)c1)c1cc2ccccc2c(N=Nc2cccc(C(F)(F)F)c2Cl)c1O. The van der Waals surface area contributed by atoms with E-state index in [0.29, 0.717) is 21.5 Å². The van der Waals surface area contributed by atoms with Crippen molar-refractivity contribution in [1.29, 1.82) is 0 Å². The fourth-order valence-electron chi connectivity index (χ4n) is 6.11. The number of phenolic OH excluding ortho intramolecular Hbond substituents is 2. The molecule has 7 rings (SSSR count). The third-order valence-electron chi connectivity index (χ3n) is 9.04. The van der Waals surface area contributed by atoms with Crippen LogP contribution in [-0.2, 0) is 12.4 Å². The molecule has 0 radical (unpaired) electrons. The lowest BCUT2D eigenvalue weighted by Gasteiger charge is -2.14. The number of phenols is 2. The van der Waals surface area contributed by atoms with Gasteiger partial charge in [-0.1, -0.05) is 95.5 Å². The van der Waals surface area contributed by atoms with Gasteiger partial charge in [0.15, 0.2) is 11.5 Å². The number of benzene rings is 7. The molecule has 0 aromatic heterocycles. The molecule has 10 nitrogen and oxygen atoms in total. The molecule has 0 atom stereocenters. The predicted molar refractivity (Wildman–Crippen MR) is 220 cm³/mol. The number of hydrogen-bond donors (Lipinski definition) is 4. The number of hydrogen-bond acceptors (Lipinski definition) is 8. The smallest absolute Gasteiger partial charge is 0.417 e. The minimum Gasteiger partial charge on any atom is -0.505 e. The van der Waals surface area contributed by atoms with Gasteiger partial charge < -0.3 is 20.8 Å². The van der Waals surface area contributed by atoms with Crippen LogP contribution in [-0.4, -0.2) is 22.0 Å². The van der Waals surface area contributed by atoms with Crippen LogP contribution in [0.25, 0.3) is 21.5 Å². The maximum atomic E-state index is 13.6. The van der Waals surface area contributed by atoms with E-state index in [4.69, 9.17) is 34.8 Å². The van der Waals surface area contributed by atoms with E-state index in [1.165, 1.54) is 42.5 Å². The normalized spacial score (nSPS) is 12.1. The van der Waals surface area contributed by atoms with E-state index in [2.05, 4.69) is 31.1 Å². The van der Waals surface area contributed by atoms with Gasteiger partial charge in [0.05, 0.1) is 43.0 Å². The average Bonchev–Trinajstić information content (AvgIpc) is 3.20. The van der Waals surface area contributed by atoms with Gasteiger partial charge in [-0.2, -0.15) is 26.3 Å². The van der Waals surface area contributed by atoms with Crippen LogP contribution in [0.3, 0.4) is 0 Å². The maximum absolute atomic E-state index is 13.6. The standard InChI is InChI=1S/C42H23Cl3F6N6O4/c43-29-19-22(52-39(60)25-17-20-7-1-3-9-23(20)35(37(25)58)56-54-31-13-5-11-27(33(31)44)41(46,47)48)15-16-30(29)53-40(61)26-18-21-8-2-4-10-24(21)36(38(26)59)57-55-32-14-6-12-28(34(32)45)42(49,50)51/h1-19,58-59H,(H,52,60)(H,53,61). The summed E-state index contributed by atoms with van der Waals surface area (Å²) in [6.07, 6.45) is -9.53. The summed E-state index contributed by atoms with van der Waals surface area (Å²) in [5, 5.41) is 43.3. The van der Waals surface area contributed by atoms with E-state index in [9.17, 15) is 46.1 Å². The van der Waals surface area contributed by atoms with Crippen molar-refractivity contribution in [3.05, 3.63) is 153 Å². The lowest BCUT2D eigenvalue weighted by molar-refractivity contribution is -0.138. The first-order valence-electron chi connectivity index (χ1n) is 17.4. The Balaban J connectivity index is 1.14. The number of nitrogens with zero attached hydrogens (tertiary/aromatic N) is 4. The topological polar surface area (TPSA) is 148 Å². The van der Waals surface area contributed by atoms with E-state index in [1.807, 2.05) is 0 Å². The highest BCUT2D eigenvalue weighted by Crippen LogP contribution is 2.45. The summed E-state index contributed by atoms with van der Waals surface area (Å²) >= 11 is 18.5. The van der Waals surface area contributed by atoms with Crippen molar-refractivity contribution in [2.24, 2.45) is 20.5 Å². The quantitative estimate of drug-likeness (QED) is 0.0888. The van der Waals surface area contributed by atoms with Gasteiger partial charge in [0.2, 0.25) is 0 Å². The van der Waals surface area contributed by atoms with Gasteiger partial charge in [0.25, 0.3) is 11.8 Å². The minimum atomic E-state index is -4.77. The highest BCUT2D eigenvalue weighted by atomic mass is 35.5. The Bertz CT molecular complexity index is 2980. The van der Waals surface area contributed by atoms with E-state index < -0.39 is 56.8 Å². The molecule has 0 spiro atoms. The van der Waals surface area contributed by atoms with Gasteiger partial charge in [0, 0.05) is 16.5 Å². The summed E-state index contributed by atoms with van der Waals surface area (Å²) in [6.45, 7) is 0. The van der Waals surface area contributed by atoms with E-state index in [0.717, 1.165) is 24.3 Å². The van der Waals surface area contributed by atoms with Crippen LogP contribution in [0.15, 0.2) is 136 Å². The number of amides is 2. The zero-order valence-electron chi connectivity index (χ0n) is 30.4. The van der Waals surface area contributed by atoms with Gasteiger partial charge in [-0.25, -0.2) is 0 Å². The Hall–Kier alpha value is -6.75. The fraction of sp³-hybridized carbons (Fsp3) is 0.0476. The maximum Gasteiger partial charge on any atom is 0.417 e. The first-order valence-corrected chi connectivity index (χ1v) is 18.5. The number of halogens is 9. The molecule has 4 N–H and O–H groups in total. The minimum absolute atomic E-state index is 0.0284. The highest BCUT2D eigenvalue weighted by Gasteiger charge is 2.35. The summed E-state index contributed by atoms with van der Waals surface area (Å²) in [4.78, 5) is 27.2. The molecule has 0 fully saturated rings. The van der Waals surface area contributed by atoms with Crippen LogP contribution in [0.5, 0.6) is 11.5 Å². The summed E-state index contributed by atoms with van der Waals surface area (Å²) in [5.74, 6) is -3.02. The molecule has 0 saturated carbocycles. The second-order valence-electron chi connectivity index (χ2n) is 13.0. The van der Waals surface area contributed by atoms with Crippen LogP contribution < -0.4 is 10.6 Å². The van der Waals surface area contributed by atoms with Crippen molar-refractivity contribution in [1.82, 2.24) is 0 Å². The number of azo groups is 2. The van der Waals surface area contributed by atoms with E-state index >= 15 is 0 Å². The molecule has 19 heteroatoms. The molecule has 0 unspecified atom stereocenters. The van der Waals surface area contributed by atoms with Crippen LogP contribution in [0.1, 0.15) is 31.8 Å². The molecular formula is C42H23Cl3F6N6O4. The lowest BCUT2D eigenvalue weighted by Crippen LogP contribution is -2.14. The molecule has 0 aliphatic rings. The number of aromatic hydroxyl groups is 2. The zero-order valence-corrected chi connectivity index (χ0v) is 32.6. The molecule has 7 aromatic rings. The first-order chi connectivity index (χ1) is 28.9. The van der Waals surface area contributed by atoms with Crippen LogP contribution in [0.2, 0.25) is 15.1 Å². The molecule has 7 aromatic carbocycles. The van der Waals surface area contributed by atoms with Crippen molar-refractivity contribution >= 4 is 102 Å². The average molecular weight is 896 g/mol. The molecule has 0 aliphatic carbocycles. The second kappa shape index (κ2) is 16.7. The molecule has 61 heavy (non-hydrogen) atoms. The number of fused-ring (bicyclic) bond motifs is 2. The molecular weight excluding hydrogens is 873 g/mol. The Morgan fingerprint density at radius 1 is 0.525 bits per heavy atom. The van der Waals surface area contributed by atoms with Crippen molar-refractivity contribution in [3.63, 3.8) is 0 Å². The Labute approximate surface area is 354 Å². The Morgan fingerprint density at radius 3 is 1.41 bits per heavy atom. The van der Waals surface area contributed by atoms with Gasteiger partial charge in [0.1, 0.15) is 22.7 Å². The number of nitrogens with one attached hydrogen (secondary N) is 2. The molecule has 2 amide bonds. The number of rotatable bonds is 8. The van der Waals surface area contributed by atoms with Gasteiger partial charge >= 0.3 is 12.4 Å². The third-order valence-corrected chi connectivity index (χ3v) is 10.1. The van der Waals surface area contributed by atoms with Crippen LogP contribution in [0, 0.1) is 0 Å². The van der Waals surface area contributed by atoms with Crippen LogP contribution in [0.4, 0.5) is 60.5 Å². The largest absolute Gasteiger partial charge is 0.505 e. The Morgan fingerprint density at radius 2 is 0.967 bits per heavy atom. The summed E-state index contributed by atoms with van der Waals surface area (Å²) < 4.78 is 80.6. The fourth-order valence-corrected chi connectivity index (χ4v) is 6.88. The number of alkyl halides is 6. The first kappa shape index (κ1) is 42.4. The molecule has 0 saturated heterocycles. The number of carbonyl (C=O) groups excluding carboxylic acids is 2. The predicted octanol–water partition coefficient (Wildman–Crippen LogP) is 14.7. The lowest BCUT2D eigenvalue weighted by atomic mass is 10.0. The van der Waals surface area contributed by atoms with Gasteiger partial charge in [-0.3, -0.25) is 9.59 Å². The molecule has 0 heterocycles. The number of anilines is 2. The highest BCUT2D eigenvalue weighted by molar-refractivity contribution is 6.35. The van der Waals surface area contributed by atoms with Crippen molar-refractivity contribution in [3.8, 4) is 11.5 Å². The summed E-state index contributed by atoms with van der Waals surface area (Å²) in [6, 6.07) is 25.7. The van der Waals surface area contributed by atoms with Gasteiger partial charge in [-0.15, -0.1) is 20.5 Å². The second-order valence-corrected chi connectivity index (χ2v) is 14.1. The molecule has 0 bridgehead atoms. The number of carbonyl (C=O) groups is 2. The van der Waals surface area contributed by atoms with E-state index in [-0.39, 0.29) is 50.3 Å².